The molecule has 9 heteroatoms. The van der Waals surface area contributed by atoms with Gasteiger partial charge in [0.1, 0.15) is 4.84 Å². The van der Waals surface area contributed by atoms with Gasteiger partial charge in [0.25, 0.3) is 0 Å². The molecule has 0 spiro atoms. The predicted octanol–water partition coefficient (Wildman–Crippen LogP) is 4.51. The first-order valence-electron chi connectivity index (χ1n) is 5.92. The number of benzene rings is 2. The maximum absolute atomic E-state index is 8.25. The summed E-state index contributed by atoms with van der Waals surface area (Å²) in [6.07, 6.45) is 0. The van der Waals surface area contributed by atoms with Crippen molar-refractivity contribution in [2.75, 3.05) is 0 Å². The summed E-state index contributed by atoms with van der Waals surface area (Å²) >= 11 is 24.3. The van der Waals surface area contributed by atoms with Crippen LogP contribution in [0.3, 0.4) is 0 Å². The third kappa shape index (κ3) is 7.70. The Morgan fingerprint density at radius 1 is 0.913 bits per heavy atom. The second-order valence-electron chi connectivity index (χ2n) is 4.11. The van der Waals surface area contributed by atoms with Crippen molar-refractivity contribution in [1.82, 2.24) is 0 Å². The summed E-state index contributed by atoms with van der Waals surface area (Å²) in [6, 6.07) is 15.0. The molecule has 0 amide bonds. The van der Waals surface area contributed by atoms with Crippen LogP contribution in [0.15, 0.2) is 48.5 Å². The molecule has 2 rings (SSSR count). The molecule has 0 N–H and O–H groups in total. The summed E-state index contributed by atoms with van der Waals surface area (Å²) in [6.45, 7) is 0. The Morgan fingerprint density at radius 2 is 1.39 bits per heavy atom. The fourth-order valence-corrected chi connectivity index (χ4v) is 2.80. The molecule has 1 unspecified atom stereocenters. The number of alkyl halides is 2. The fourth-order valence-electron chi connectivity index (χ4n) is 1.86. The topological polar surface area (TPSA) is 66.2 Å². The summed E-state index contributed by atoms with van der Waals surface area (Å²) in [5, 5.41) is 16.1. The van der Waals surface area contributed by atoms with Gasteiger partial charge in [-0.15, -0.1) is 23.2 Å². The zero-order chi connectivity index (χ0) is 16.7. The molecule has 1 atom stereocenters. The molecule has 0 saturated carbocycles. The van der Waals surface area contributed by atoms with E-state index < -0.39 is 9.92 Å². The average Bonchev–Trinajstić information content (AvgIpc) is 2.42. The van der Waals surface area contributed by atoms with Gasteiger partial charge in [0, 0.05) is 16.0 Å². The Balaban J connectivity index is 0.000000871. The summed E-state index contributed by atoms with van der Waals surface area (Å²) in [5.74, 6) is -0.167. The molecule has 0 aliphatic heterocycles. The van der Waals surface area contributed by atoms with Crippen LogP contribution < -0.4 is 0 Å². The van der Waals surface area contributed by atoms with Gasteiger partial charge >= 0.3 is 19.8 Å². The summed E-state index contributed by atoms with van der Waals surface area (Å²) in [5.41, 5.74) is 1.90. The summed E-state index contributed by atoms with van der Waals surface area (Å²) < 4.78 is 0. The molecule has 2 aromatic carbocycles. The number of hydrogen-bond donors (Lipinski definition) is 0. The quantitative estimate of drug-likeness (QED) is 0.297. The van der Waals surface area contributed by atoms with Gasteiger partial charge in [0.05, 0.1) is 5.09 Å². The zero-order valence-corrected chi connectivity index (χ0v) is 14.0. The molecule has 4 nitrogen and oxygen atoms in total. The van der Waals surface area contributed by atoms with E-state index in [0.717, 1.165) is 11.1 Å². The molecule has 0 saturated heterocycles. The molecule has 0 heterocycles. The average molecular weight is 455 g/mol. The van der Waals surface area contributed by atoms with E-state index in [-0.39, 0.29) is 25.7 Å². The van der Waals surface area contributed by atoms with E-state index in [2.05, 4.69) is 0 Å². The minimum atomic E-state index is -1.75. The first-order chi connectivity index (χ1) is 10.3. The third-order valence-corrected chi connectivity index (χ3v) is 3.82. The molecule has 0 bridgehead atoms. The Morgan fingerprint density at radius 3 is 1.83 bits per heavy atom. The summed E-state index contributed by atoms with van der Waals surface area (Å²) in [4.78, 5) is 7.67. The van der Waals surface area contributed by atoms with Crippen LogP contribution in [0.1, 0.15) is 17.0 Å². The predicted molar refractivity (Wildman–Crippen MR) is 101 cm³/mol. The van der Waals surface area contributed by atoms with Gasteiger partial charge in [-0.2, -0.15) is 0 Å². The molecule has 2 aromatic rings. The molecule has 23 heavy (non-hydrogen) atoms. The van der Waals surface area contributed by atoms with Gasteiger partial charge in [-0.1, -0.05) is 53.5 Å². The van der Waals surface area contributed by atoms with Crippen LogP contribution in [-0.2, 0) is 0 Å². The van der Waals surface area contributed by atoms with Gasteiger partial charge in [-0.25, -0.2) is 0 Å². The molecule has 0 radical (unpaired) electrons. The minimum absolute atomic E-state index is 0. The van der Waals surface area contributed by atoms with Gasteiger partial charge < -0.3 is 15.3 Å². The van der Waals surface area contributed by atoms with Crippen LogP contribution in [0.4, 0.5) is 0 Å². The molecular weight excluding hydrogens is 442 g/mol. The van der Waals surface area contributed by atoms with Crippen LogP contribution in [0, 0.1) is 15.3 Å². The van der Waals surface area contributed by atoms with Crippen LogP contribution in [0.25, 0.3) is 0 Å². The Kier molecular flexibility index (Phi) is 10.8. The number of rotatable bonds is 3. The zero-order valence-electron chi connectivity index (χ0n) is 11.0. The first-order valence-corrected chi connectivity index (χ1v) is 7.55. The van der Waals surface area contributed by atoms with Gasteiger partial charge in [-0.05, 0) is 29.3 Å². The van der Waals surface area contributed by atoms with Gasteiger partial charge in [-0.3, -0.25) is 0 Å². The number of hydrogen-bond acceptors (Lipinski definition) is 3. The van der Waals surface area contributed by atoms with Crippen molar-refractivity contribution in [3.63, 3.8) is 0 Å². The SMILES string of the molecule is Clc1ccc(C(c2ccccc2Cl)C(Cl)Cl)cc1.O=[N+]([O-])[O-].[GaH3]. The fraction of sp³-hybridized carbons (Fsp3) is 0.143. The Labute approximate surface area is 166 Å². The van der Waals surface area contributed by atoms with E-state index in [1.54, 1.807) is 0 Å². The number of nitrogens with zero attached hydrogens (tertiary/aromatic N) is 1. The van der Waals surface area contributed by atoms with Crippen molar-refractivity contribution in [2.45, 2.75) is 10.8 Å². The molecule has 0 aliphatic carbocycles. The summed E-state index contributed by atoms with van der Waals surface area (Å²) in [7, 11) is 0. The van der Waals surface area contributed by atoms with Crippen LogP contribution in [-0.4, -0.2) is 29.7 Å². The third-order valence-electron chi connectivity index (χ3n) is 2.72. The van der Waals surface area contributed by atoms with E-state index in [0.29, 0.717) is 10.0 Å². The first kappa shape index (κ1) is 22.4. The van der Waals surface area contributed by atoms with Gasteiger partial charge in [0.15, 0.2) is 0 Å². The number of halogens is 4. The van der Waals surface area contributed by atoms with E-state index in [1.165, 1.54) is 0 Å². The van der Waals surface area contributed by atoms with Crippen molar-refractivity contribution in [2.24, 2.45) is 0 Å². The Bertz CT molecular complexity index is 622. The van der Waals surface area contributed by atoms with Crippen molar-refractivity contribution in [3.8, 4) is 0 Å². The molecular formula is C14H13Cl4GaNO3-. The van der Waals surface area contributed by atoms with Crippen molar-refractivity contribution in [3.05, 3.63) is 85.0 Å². The molecule has 0 aromatic heterocycles. The van der Waals surface area contributed by atoms with Crippen molar-refractivity contribution in [1.29, 1.82) is 0 Å². The van der Waals surface area contributed by atoms with E-state index >= 15 is 0 Å². The molecule has 0 fully saturated rings. The second-order valence-corrected chi connectivity index (χ2v) is 6.12. The Hall–Kier alpha value is -0.564. The molecule has 0 aliphatic rings. The normalized spacial score (nSPS) is 11.0. The van der Waals surface area contributed by atoms with Crippen molar-refractivity contribution < 1.29 is 5.09 Å². The standard InChI is InChI=1S/C14H10Cl4.Ga.NO3.3H/c15-10-7-5-9(6-8-10)13(14(17)18)11-3-1-2-4-12(11)16;;2-1(3)4;;;/h1-8,13-14H;;;;;/q;;-1;;;. The monoisotopic (exact) mass is 452 g/mol. The van der Waals surface area contributed by atoms with Crippen LogP contribution in [0.2, 0.25) is 10.0 Å². The van der Waals surface area contributed by atoms with Crippen LogP contribution in [0.5, 0.6) is 0 Å². The second kappa shape index (κ2) is 11.1. The maximum atomic E-state index is 8.25. The van der Waals surface area contributed by atoms with E-state index in [9.17, 15) is 0 Å². The van der Waals surface area contributed by atoms with Crippen molar-refractivity contribution >= 4 is 66.2 Å². The van der Waals surface area contributed by atoms with Crippen LogP contribution >= 0.6 is 46.4 Å². The van der Waals surface area contributed by atoms with Gasteiger partial charge in [0.2, 0.25) is 0 Å². The van der Waals surface area contributed by atoms with E-state index in [4.69, 9.17) is 61.7 Å². The molecule has 124 valence electrons. The van der Waals surface area contributed by atoms with E-state index in [1.807, 2.05) is 48.5 Å².